The van der Waals surface area contributed by atoms with Crippen LogP contribution >= 0.6 is 15.9 Å². The molecule has 0 aliphatic carbocycles. The van der Waals surface area contributed by atoms with Crippen LogP contribution in [-0.2, 0) is 0 Å². The number of rotatable bonds is 2. The van der Waals surface area contributed by atoms with Gasteiger partial charge in [0.2, 0.25) is 0 Å². The van der Waals surface area contributed by atoms with Gasteiger partial charge in [-0.2, -0.15) is 5.26 Å². The smallest absolute Gasteiger partial charge is 0.150 e. The number of nitrogens with one attached hydrogen (secondary N) is 1. The molecule has 0 aliphatic heterocycles. The lowest BCUT2D eigenvalue weighted by Crippen LogP contribution is -2.03. The normalized spacial score (nSPS) is 10.4. The molecule has 0 saturated heterocycles. The molecule has 1 aromatic heterocycles. The Hall–Kier alpha value is -1.74. The van der Waals surface area contributed by atoms with Crippen molar-refractivity contribution in [2.24, 2.45) is 0 Å². The standard InChI is InChI=1S/C12H8BrF2N3/c1-2-17-11-6(4-16)5-18-12-8(14)3-7(13)10(15)9(11)12/h3,5H,2H2,1H3,(H,17,18). The summed E-state index contributed by atoms with van der Waals surface area (Å²) >= 11 is 2.95. The quantitative estimate of drug-likeness (QED) is 0.862. The van der Waals surface area contributed by atoms with E-state index in [1.165, 1.54) is 6.20 Å². The Morgan fingerprint density at radius 3 is 2.83 bits per heavy atom. The maximum Gasteiger partial charge on any atom is 0.150 e. The first kappa shape index (κ1) is 12.7. The zero-order valence-corrected chi connectivity index (χ0v) is 11.0. The van der Waals surface area contributed by atoms with E-state index in [2.05, 4.69) is 26.2 Å². The molecule has 0 unspecified atom stereocenters. The Morgan fingerprint density at radius 1 is 1.50 bits per heavy atom. The molecule has 1 heterocycles. The molecule has 92 valence electrons. The third kappa shape index (κ3) is 1.91. The molecule has 0 fully saturated rings. The largest absolute Gasteiger partial charge is 0.384 e. The van der Waals surface area contributed by atoms with Crippen LogP contribution in [0.1, 0.15) is 12.5 Å². The van der Waals surface area contributed by atoms with Crippen molar-refractivity contribution in [1.82, 2.24) is 4.98 Å². The number of anilines is 1. The zero-order chi connectivity index (χ0) is 13.3. The highest BCUT2D eigenvalue weighted by Crippen LogP contribution is 2.33. The molecule has 0 bridgehead atoms. The van der Waals surface area contributed by atoms with Crippen LogP contribution in [0.25, 0.3) is 10.9 Å². The average Bonchev–Trinajstić information content (AvgIpc) is 2.36. The Morgan fingerprint density at radius 2 is 2.22 bits per heavy atom. The van der Waals surface area contributed by atoms with E-state index in [-0.39, 0.29) is 26.6 Å². The SMILES string of the molecule is CCNc1c(C#N)cnc2c(F)cc(Br)c(F)c12. The van der Waals surface area contributed by atoms with Crippen molar-refractivity contribution >= 4 is 32.5 Å². The second-order valence-corrected chi connectivity index (χ2v) is 4.42. The van der Waals surface area contributed by atoms with Crippen molar-refractivity contribution in [3.05, 3.63) is 33.9 Å². The topological polar surface area (TPSA) is 48.7 Å². The number of pyridine rings is 1. The average molecular weight is 312 g/mol. The van der Waals surface area contributed by atoms with Gasteiger partial charge in [0.15, 0.2) is 5.82 Å². The molecule has 0 saturated carbocycles. The number of fused-ring (bicyclic) bond motifs is 1. The van der Waals surface area contributed by atoms with Gasteiger partial charge in [-0.15, -0.1) is 0 Å². The van der Waals surface area contributed by atoms with Gasteiger partial charge in [-0.3, -0.25) is 4.98 Å². The van der Waals surface area contributed by atoms with Gasteiger partial charge in [-0.1, -0.05) is 0 Å². The highest BCUT2D eigenvalue weighted by atomic mass is 79.9. The van der Waals surface area contributed by atoms with E-state index in [9.17, 15) is 8.78 Å². The van der Waals surface area contributed by atoms with E-state index in [4.69, 9.17) is 5.26 Å². The molecule has 0 radical (unpaired) electrons. The molecular weight excluding hydrogens is 304 g/mol. The minimum absolute atomic E-state index is 0.00328. The van der Waals surface area contributed by atoms with E-state index in [0.29, 0.717) is 6.54 Å². The van der Waals surface area contributed by atoms with Gasteiger partial charge in [0.1, 0.15) is 17.4 Å². The minimum Gasteiger partial charge on any atom is -0.384 e. The number of nitriles is 1. The molecule has 0 spiro atoms. The van der Waals surface area contributed by atoms with Gasteiger partial charge in [0.05, 0.1) is 21.1 Å². The predicted molar refractivity (Wildman–Crippen MR) is 68.2 cm³/mol. The van der Waals surface area contributed by atoms with E-state index in [1.54, 1.807) is 6.92 Å². The van der Waals surface area contributed by atoms with Gasteiger partial charge in [0, 0.05) is 12.7 Å². The summed E-state index contributed by atoms with van der Waals surface area (Å²) in [5.41, 5.74) is 0.356. The number of nitrogens with zero attached hydrogens (tertiary/aromatic N) is 2. The fourth-order valence-corrected chi connectivity index (χ4v) is 2.11. The summed E-state index contributed by atoms with van der Waals surface area (Å²) in [5.74, 6) is -1.27. The van der Waals surface area contributed by atoms with Crippen molar-refractivity contribution in [2.75, 3.05) is 11.9 Å². The molecule has 2 rings (SSSR count). The Balaban J connectivity index is 2.95. The number of halogens is 3. The van der Waals surface area contributed by atoms with Crippen LogP contribution in [0.3, 0.4) is 0 Å². The third-order valence-corrected chi connectivity index (χ3v) is 3.04. The molecule has 0 amide bonds. The maximum atomic E-state index is 14.1. The Labute approximate surface area is 111 Å². The van der Waals surface area contributed by atoms with E-state index >= 15 is 0 Å². The van der Waals surface area contributed by atoms with Crippen molar-refractivity contribution in [3.63, 3.8) is 0 Å². The van der Waals surface area contributed by atoms with Gasteiger partial charge in [0.25, 0.3) is 0 Å². The van der Waals surface area contributed by atoms with Crippen LogP contribution in [0.15, 0.2) is 16.7 Å². The van der Waals surface area contributed by atoms with Crippen LogP contribution in [0.2, 0.25) is 0 Å². The van der Waals surface area contributed by atoms with E-state index in [1.807, 2.05) is 6.07 Å². The summed E-state index contributed by atoms with van der Waals surface area (Å²) in [6, 6.07) is 2.93. The minimum atomic E-state index is -0.637. The van der Waals surface area contributed by atoms with E-state index in [0.717, 1.165) is 6.07 Å². The van der Waals surface area contributed by atoms with Crippen LogP contribution in [0.5, 0.6) is 0 Å². The predicted octanol–water partition coefficient (Wildman–Crippen LogP) is 3.58. The van der Waals surface area contributed by atoms with E-state index < -0.39 is 11.6 Å². The molecule has 3 nitrogen and oxygen atoms in total. The number of hydrogen-bond donors (Lipinski definition) is 1. The van der Waals surface area contributed by atoms with Crippen LogP contribution in [-0.4, -0.2) is 11.5 Å². The van der Waals surface area contributed by atoms with Crippen LogP contribution < -0.4 is 5.32 Å². The summed E-state index contributed by atoms with van der Waals surface area (Å²) in [6.07, 6.45) is 1.23. The third-order valence-electron chi connectivity index (χ3n) is 2.46. The lowest BCUT2D eigenvalue weighted by atomic mass is 10.1. The van der Waals surface area contributed by atoms with Gasteiger partial charge < -0.3 is 5.32 Å². The molecule has 0 aliphatic rings. The molecular formula is C12H8BrF2N3. The fourth-order valence-electron chi connectivity index (χ4n) is 1.71. The Kier molecular flexibility index (Phi) is 3.43. The number of hydrogen-bond acceptors (Lipinski definition) is 3. The lowest BCUT2D eigenvalue weighted by molar-refractivity contribution is 0.610. The zero-order valence-electron chi connectivity index (χ0n) is 9.39. The molecule has 6 heteroatoms. The molecule has 18 heavy (non-hydrogen) atoms. The van der Waals surface area contributed by atoms with Gasteiger partial charge in [-0.25, -0.2) is 8.78 Å². The second kappa shape index (κ2) is 4.86. The maximum absolute atomic E-state index is 14.1. The summed E-state index contributed by atoms with van der Waals surface area (Å²) in [7, 11) is 0. The highest BCUT2D eigenvalue weighted by molar-refractivity contribution is 9.10. The van der Waals surface area contributed by atoms with Gasteiger partial charge in [-0.05, 0) is 28.9 Å². The Bertz CT molecular complexity index is 665. The van der Waals surface area contributed by atoms with Crippen LogP contribution in [0, 0.1) is 23.0 Å². The summed E-state index contributed by atoms with van der Waals surface area (Å²) in [4.78, 5) is 3.80. The van der Waals surface area contributed by atoms with Crippen molar-refractivity contribution < 1.29 is 8.78 Å². The number of aromatic nitrogens is 1. The first-order valence-corrected chi connectivity index (χ1v) is 5.99. The van der Waals surface area contributed by atoms with Crippen molar-refractivity contribution in [2.45, 2.75) is 6.92 Å². The highest BCUT2D eigenvalue weighted by Gasteiger charge is 2.18. The lowest BCUT2D eigenvalue weighted by Gasteiger charge is -2.11. The van der Waals surface area contributed by atoms with Crippen molar-refractivity contribution in [3.8, 4) is 6.07 Å². The molecule has 0 atom stereocenters. The molecule has 2 aromatic rings. The first-order chi connectivity index (χ1) is 8.60. The first-order valence-electron chi connectivity index (χ1n) is 5.20. The summed E-state index contributed by atoms with van der Waals surface area (Å²) < 4.78 is 27.8. The summed E-state index contributed by atoms with van der Waals surface area (Å²) in [5, 5.41) is 11.8. The summed E-state index contributed by atoms with van der Waals surface area (Å²) in [6.45, 7) is 2.29. The monoisotopic (exact) mass is 311 g/mol. The number of benzene rings is 1. The van der Waals surface area contributed by atoms with Gasteiger partial charge >= 0.3 is 0 Å². The van der Waals surface area contributed by atoms with Crippen LogP contribution in [0.4, 0.5) is 14.5 Å². The fraction of sp³-hybridized carbons (Fsp3) is 0.167. The molecule has 1 N–H and O–H groups in total. The molecule has 1 aromatic carbocycles. The second-order valence-electron chi connectivity index (χ2n) is 3.57. The van der Waals surface area contributed by atoms with Crippen molar-refractivity contribution in [1.29, 1.82) is 5.26 Å².